The van der Waals surface area contributed by atoms with Crippen molar-refractivity contribution in [2.24, 2.45) is 5.73 Å². The Kier molecular flexibility index (Phi) is 5.26. The van der Waals surface area contributed by atoms with Crippen LogP contribution in [0.3, 0.4) is 0 Å². The molecule has 3 heterocycles. The van der Waals surface area contributed by atoms with Crippen LogP contribution in [-0.4, -0.2) is 47.0 Å². The fraction of sp³-hybridized carbons (Fsp3) is 0.200. The van der Waals surface area contributed by atoms with E-state index in [4.69, 9.17) is 5.73 Å². The van der Waals surface area contributed by atoms with E-state index in [0.717, 1.165) is 48.7 Å². The molecule has 1 aliphatic heterocycles. The zero-order valence-electron chi connectivity index (χ0n) is 18.3. The third-order valence-electron chi connectivity index (χ3n) is 5.99. The van der Waals surface area contributed by atoms with Gasteiger partial charge in [-0.15, -0.1) is 0 Å². The first-order valence-corrected chi connectivity index (χ1v) is 10.8. The summed E-state index contributed by atoms with van der Waals surface area (Å²) in [5.74, 6) is 0.0427. The second kappa shape index (κ2) is 8.38. The number of carbonyl (C=O) groups is 1. The Hall–Kier alpha value is -4.20. The summed E-state index contributed by atoms with van der Waals surface area (Å²) in [6, 6.07) is 17.3. The monoisotopic (exact) mass is 440 g/mol. The van der Waals surface area contributed by atoms with Crippen molar-refractivity contribution in [2.45, 2.75) is 6.92 Å². The number of nitrogens with two attached hydrogens (primary N) is 1. The zero-order valence-corrected chi connectivity index (χ0v) is 18.3. The summed E-state index contributed by atoms with van der Waals surface area (Å²) in [4.78, 5) is 40.1. The first-order chi connectivity index (χ1) is 16.0. The Morgan fingerprint density at radius 2 is 1.73 bits per heavy atom. The number of nitrogens with zero attached hydrogens (tertiary/aromatic N) is 4. The molecule has 2 aromatic heterocycles. The van der Waals surface area contributed by atoms with Crippen LogP contribution in [0.25, 0.3) is 22.3 Å². The van der Waals surface area contributed by atoms with E-state index in [1.165, 1.54) is 0 Å². The van der Waals surface area contributed by atoms with Gasteiger partial charge in [0.15, 0.2) is 0 Å². The number of hydrogen-bond acceptors (Lipinski definition) is 6. The molecule has 0 spiro atoms. The Labute approximate surface area is 190 Å². The molecule has 4 aromatic rings. The van der Waals surface area contributed by atoms with Crippen LogP contribution in [0.5, 0.6) is 0 Å². The lowest BCUT2D eigenvalue weighted by atomic mass is 10.1. The Morgan fingerprint density at radius 1 is 0.970 bits per heavy atom. The molecule has 0 radical (unpaired) electrons. The number of hydrogen-bond donors (Lipinski definition) is 2. The molecule has 8 nitrogen and oxygen atoms in total. The van der Waals surface area contributed by atoms with Gasteiger partial charge in [-0.3, -0.25) is 9.59 Å². The summed E-state index contributed by atoms with van der Waals surface area (Å²) in [6.07, 6.45) is 1.69. The first-order valence-electron chi connectivity index (χ1n) is 10.8. The van der Waals surface area contributed by atoms with Crippen LogP contribution in [-0.2, 0) is 0 Å². The number of aryl methyl sites for hydroxylation is 1. The van der Waals surface area contributed by atoms with Crippen molar-refractivity contribution in [2.75, 3.05) is 36.0 Å². The third-order valence-corrected chi connectivity index (χ3v) is 5.99. The minimum Gasteiger partial charge on any atom is -0.368 e. The molecule has 3 N–H and O–H groups in total. The quantitative estimate of drug-likeness (QED) is 0.505. The number of amides is 1. The standard InChI is InChI=1S/C25H24N6O2/c1-16-5-7-21-20(13-16)25(33)29-24(28-21)17-3-2-4-18(14-17)30-9-11-31(12-10-30)19-6-8-22(23(26)32)27-15-19/h2-8,13-15H,9-12H2,1H3,(H2,26,32)(H,28,29,33). The molecule has 8 heteroatoms. The third kappa shape index (κ3) is 4.15. The fourth-order valence-electron chi connectivity index (χ4n) is 4.18. The highest BCUT2D eigenvalue weighted by molar-refractivity contribution is 5.90. The van der Waals surface area contributed by atoms with Crippen molar-refractivity contribution in [3.8, 4) is 11.4 Å². The molecule has 1 fully saturated rings. The highest BCUT2D eigenvalue weighted by atomic mass is 16.1. The number of aromatic amines is 1. The number of H-pyrrole nitrogens is 1. The predicted octanol–water partition coefficient (Wildman–Crippen LogP) is 2.72. The number of benzene rings is 2. The normalized spacial score (nSPS) is 14.0. The molecular weight excluding hydrogens is 416 g/mol. The molecule has 0 saturated carbocycles. The molecule has 2 aromatic carbocycles. The summed E-state index contributed by atoms with van der Waals surface area (Å²) >= 11 is 0. The number of primary amides is 1. The Balaban J connectivity index is 1.34. The maximum atomic E-state index is 12.6. The van der Waals surface area contributed by atoms with Crippen LogP contribution in [0.1, 0.15) is 16.1 Å². The molecule has 1 saturated heterocycles. The van der Waals surface area contributed by atoms with Crippen molar-refractivity contribution < 1.29 is 4.79 Å². The lowest BCUT2D eigenvalue weighted by Gasteiger charge is -2.37. The van der Waals surface area contributed by atoms with Crippen molar-refractivity contribution >= 4 is 28.2 Å². The van der Waals surface area contributed by atoms with Gasteiger partial charge in [0, 0.05) is 37.4 Å². The first kappa shape index (κ1) is 20.7. The molecule has 166 valence electrons. The highest BCUT2D eigenvalue weighted by Gasteiger charge is 2.19. The molecule has 5 rings (SSSR count). The number of carbonyl (C=O) groups excluding carboxylic acids is 1. The Bertz CT molecular complexity index is 1390. The van der Waals surface area contributed by atoms with Gasteiger partial charge >= 0.3 is 0 Å². The van der Waals surface area contributed by atoms with E-state index in [2.05, 4.69) is 36.9 Å². The molecule has 1 aliphatic rings. The predicted molar refractivity (Wildman–Crippen MR) is 130 cm³/mol. The maximum absolute atomic E-state index is 12.6. The number of aromatic nitrogens is 3. The van der Waals surface area contributed by atoms with Gasteiger partial charge in [-0.05, 0) is 43.3 Å². The van der Waals surface area contributed by atoms with Crippen molar-refractivity contribution in [1.29, 1.82) is 0 Å². The summed E-state index contributed by atoms with van der Waals surface area (Å²) in [6.45, 7) is 5.28. The van der Waals surface area contributed by atoms with Gasteiger partial charge in [0.05, 0.1) is 22.8 Å². The molecule has 0 unspecified atom stereocenters. The van der Waals surface area contributed by atoms with Crippen LogP contribution in [0.4, 0.5) is 11.4 Å². The van der Waals surface area contributed by atoms with Crippen molar-refractivity contribution in [3.63, 3.8) is 0 Å². The van der Waals surface area contributed by atoms with Gasteiger partial charge in [-0.2, -0.15) is 0 Å². The van der Waals surface area contributed by atoms with Crippen LogP contribution >= 0.6 is 0 Å². The average molecular weight is 441 g/mol. The van der Waals surface area contributed by atoms with Gasteiger partial charge in [0.2, 0.25) is 0 Å². The van der Waals surface area contributed by atoms with E-state index in [9.17, 15) is 9.59 Å². The number of piperazine rings is 1. The van der Waals surface area contributed by atoms with Crippen LogP contribution in [0.2, 0.25) is 0 Å². The summed E-state index contributed by atoms with van der Waals surface area (Å²) in [5.41, 5.74) is 10.1. The zero-order chi connectivity index (χ0) is 22.9. The van der Waals surface area contributed by atoms with E-state index in [-0.39, 0.29) is 11.3 Å². The summed E-state index contributed by atoms with van der Waals surface area (Å²) in [7, 11) is 0. The SMILES string of the molecule is Cc1ccc2nc(-c3cccc(N4CCN(c5ccc(C(N)=O)nc5)CC4)c3)[nH]c(=O)c2c1. The van der Waals surface area contributed by atoms with Crippen LogP contribution in [0, 0.1) is 6.92 Å². The van der Waals surface area contributed by atoms with Crippen LogP contribution in [0.15, 0.2) is 65.6 Å². The number of fused-ring (bicyclic) bond motifs is 1. The van der Waals surface area contributed by atoms with E-state index < -0.39 is 5.91 Å². The Morgan fingerprint density at radius 3 is 2.42 bits per heavy atom. The van der Waals surface area contributed by atoms with Crippen molar-refractivity contribution in [1.82, 2.24) is 15.0 Å². The minimum absolute atomic E-state index is 0.131. The second-order valence-corrected chi connectivity index (χ2v) is 8.23. The lowest BCUT2D eigenvalue weighted by Crippen LogP contribution is -2.46. The smallest absolute Gasteiger partial charge is 0.267 e. The van der Waals surface area contributed by atoms with Gasteiger partial charge in [-0.1, -0.05) is 23.8 Å². The largest absolute Gasteiger partial charge is 0.368 e. The molecular formula is C25H24N6O2. The van der Waals surface area contributed by atoms with Crippen LogP contribution < -0.4 is 21.1 Å². The summed E-state index contributed by atoms with van der Waals surface area (Å²) in [5, 5.41) is 0.601. The number of nitrogens with one attached hydrogen (secondary N) is 1. The van der Waals surface area contributed by atoms with E-state index >= 15 is 0 Å². The number of rotatable bonds is 4. The second-order valence-electron chi connectivity index (χ2n) is 8.23. The molecule has 0 atom stereocenters. The van der Waals surface area contributed by atoms with Gasteiger partial charge in [0.25, 0.3) is 11.5 Å². The molecule has 1 amide bonds. The van der Waals surface area contributed by atoms with Gasteiger partial charge in [-0.25, -0.2) is 9.97 Å². The highest BCUT2D eigenvalue weighted by Crippen LogP contribution is 2.25. The molecule has 0 aliphatic carbocycles. The average Bonchev–Trinajstić information content (AvgIpc) is 2.84. The number of anilines is 2. The fourth-order valence-corrected chi connectivity index (χ4v) is 4.18. The van der Waals surface area contributed by atoms with Gasteiger partial charge < -0.3 is 20.5 Å². The summed E-state index contributed by atoms with van der Waals surface area (Å²) < 4.78 is 0. The van der Waals surface area contributed by atoms with Gasteiger partial charge in [0.1, 0.15) is 11.5 Å². The van der Waals surface area contributed by atoms with E-state index in [1.54, 1.807) is 12.3 Å². The minimum atomic E-state index is -0.524. The number of pyridine rings is 1. The van der Waals surface area contributed by atoms with E-state index in [1.807, 2.05) is 43.3 Å². The maximum Gasteiger partial charge on any atom is 0.267 e. The topological polar surface area (TPSA) is 108 Å². The van der Waals surface area contributed by atoms with E-state index in [0.29, 0.717) is 16.7 Å². The van der Waals surface area contributed by atoms with Crippen molar-refractivity contribution in [3.05, 3.63) is 82.4 Å². The molecule has 33 heavy (non-hydrogen) atoms. The molecule has 0 bridgehead atoms. The lowest BCUT2D eigenvalue weighted by molar-refractivity contribution is 0.0995.